The maximum absolute atomic E-state index is 14.2. The first-order valence-electron chi connectivity index (χ1n) is 9.02. The molecular weight excluding hydrogens is 426 g/mol. The predicted octanol–water partition coefficient (Wildman–Crippen LogP) is 5.85. The fraction of sp³-hybridized carbons (Fsp3) is 0.136. The van der Waals surface area contributed by atoms with Crippen molar-refractivity contribution in [2.45, 2.75) is 6.54 Å². The van der Waals surface area contributed by atoms with Gasteiger partial charge in [0.1, 0.15) is 11.5 Å². The zero-order valence-corrected chi connectivity index (χ0v) is 17.9. The van der Waals surface area contributed by atoms with E-state index in [1.54, 1.807) is 25.6 Å². The summed E-state index contributed by atoms with van der Waals surface area (Å²) in [5, 5.41) is 4.00. The van der Waals surface area contributed by atoms with Crippen molar-refractivity contribution in [3.05, 3.63) is 81.3 Å². The van der Waals surface area contributed by atoms with Gasteiger partial charge in [-0.2, -0.15) is 0 Å². The van der Waals surface area contributed by atoms with Gasteiger partial charge < -0.3 is 14.0 Å². The van der Waals surface area contributed by atoms with Crippen molar-refractivity contribution >= 4 is 28.4 Å². The fourth-order valence-electron chi connectivity index (χ4n) is 3.03. The van der Waals surface area contributed by atoms with Crippen LogP contribution in [0.2, 0.25) is 0 Å². The third-order valence-corrected chi connectivity index (χ3v) is 6.24. The van der Waals surface area contributed by atoms with Gasteiger partial charge in [-0.05, 0) is 41.3 Å². The molecule has 30 heavy (non-hydrogen) atoms. The Morgan fingerprint density at radius 3 is 2.50 bits per heavy atom. The summed E-state index contributed by atoms with van der Waals surface area (Å²) >= 11 is 3.02. The maximum Gasteiger partial charge on any atom is 0.190 e. The van der Waals surface area contributed by atoms with Gasteiger partial charge in [-0.15, -0.1) is 22.7 Å². The van der Waals surface area contributed by atoms with E-state index in [0.717, 1.165) is 22.2 Å². The summed E-state index contributed by atoms with van der Waals surface area (Å²) in [6.07, 6.45) is 0. The molecule has 4 nitrogen and oxygen atoms in total. The minimum absolute atomic E-state index is 0.0945. The summed E-state index contributed by atoms with van der Waals surface area (Å²) in [5.41, 5.74) is 2.05. The van der Waals surface area contributed by atoms with E-state index < -0.39 is 11.6 Å². The van der Waals surface area contributed by atoms with Gasteiger partial charge in [-0.1, -0.05) is 12.1 Å². The standard InChI is InChI=1S/C22H18F2N2O2S2/c1-27-19-8-5-14(10-20(19)28-2)12-26-18(21-4-3-9-29-21)13-30-22(26)25-17-7-6-15(23)11-16(17)24/h3-11,13H,12H2,1-2H3. The molecule has 2 heterocycles. The van der Waals surface area contributed by atoms with Crippen LogP contribution in [0.15, 0.2) is 64.3 Å². The summed E-state index contributed by atoms with van der Waals surface area (Å²) < 4.78 is 40.2. The van der Waals surface area contributed by atoms with E-state index in [1.165, 1.54) is 23.5 Å². The molecule has 0 bridgehead atoms. The van der Waals surface area contributed by atoms with E-state index in [2.05, 4.69) is 4.99 Å². The second-order valence-corrected chi connectivity index (χ2v) is 8.15. The highest BCUT2D eigenvalue weighted by Gasteiger charge is 2.12. The lowest BCUT2D eigenvalue weighted by Gasteiger charge is -2.12. The van der Waals surface area contributed by atoms with Gasteiger partial charge in [0.15, 0.2) is 22.1 Å². The number of thiophene rings is 1. The lowest BCUT2D eigenvalue weighted by molar-refractivity contribution is 0.354. The Labute approximate surface area is 180 Å². The van der Waals surface area contributed by atoms with Crippen LogP contribution >= 0.6 is 22.7 Å². The Balaban J connectivity index is 1.83. The Morgan fingerprint density at radius 1 is 0.967 bits per heavy atom. The number of ether oxygens (including phenoxy) is 2. The topological polar surface area (TPSA) is 35.8 Å². The van der Waals surface area contributed by atoms with Gasteiger partial charge in [-0.25, -0.2) is 13.8 Å². The number of halogens is 2. The van der Waals surface area contributed by atoms with Crippen molar-refractivity contribution in [1.82, 2.24) is 4.57 Å². The quantitative estimate of drug-likeness (QED) is 0.374. The minimum atomic E-state index is -0.696. The molecule has 154 valence electrons. The molecule has 2 aromatic carbocycles. The van der Waals surface area contributed by atoms with Crippen molar-refractivity contribution < 1.29 is 18.3 Å². The van der Waals surface area contributed by atoms with Gasteiger partial charge in [0.2, 0.25) is 0 Å². The van der Waals surface area contributed by atoms with Crippen LogP contribution in [-0.2, 0) is 6.54 Å². The number of methoxy groups -OCH3 is 2. The van der Waals surface area contributed by atoms with Gasteiger partial charge in [0.05, 0.1) is 31.3 Å². The van der Waals surface area contributed by atoms with E-state index in [0.29, 0.717) is 22.8 Å². The predicted molar refractivity (Wildman–Crippen MR) is 116 cm³/mol. The molecule has 0 spiro atoms. The first-order valence-corrected chi connectivity index (χ1v) is 10.8. The molecule has 0 N–H and O–H groups in total. The van der Waals surface area contributed by atoms with Crippen molar-refractivity contribution in [1.29, 1.82) is 0 Å². The number of benzene rings is 2. The molecule has 2 aromatic heterocycles. The summed E-state index contributed by atoms with van der Waals surface area (Å²) in [4.78, 5) is 6.16. The van der Waals surface area contributed by atoms with E-state index in [1.807, 2.05) is 45.7 Å². The van der Waals surface area contributed by atoms with E-state index >= 15 is 0 Å². The fourth-order valence-corrected chi connectivity index (χ4v) is 4.77. The Kier molecular flexibility index (Phi) is 5.96. The third-order valence-electron chi connectivity index (χ3n) is 4.49. The van der Waals surface area contributed by atoms with Crippen LogP contribution in [0.3, 0.4) is 0 Å². The van der Waals surface area contributed by atoms with Crippen molar-refractivity contribution in [2.24, 2.45) is 4.99 Å². The second-order valence-electron chi connectivity index (χ2n) is 6.36. The van der Waals surface area contributed by atoms with Crippen molar-refractivity contribution in [3.8, 4) is 22.1 Å². The number of hydrogen-bond acceptors (Lipinski definition) is 5. The zero-order valence-electron chi connectivity index (χ0n) is 16.3. The molecule has 0 aliphatic carbocycles. The monoisotopic (exact) mass is 444 g/mol. The number of thiazole rings is 1. The van der Waals surface area contributed by atoms with Crippen LogP contribution in [-0.4, -0.2) is 18.8 Å². The second kappa shape index (κ2) is 8.81. The molecule has 0 aliphatic rings. The SMILES string of the molecule is COc1ccc(Cn2c(-c3cccs3)csc2=Nc2ccc(F)cc2F)cc1OC. The van der Waals surface area contributed by atoms with Crippen molar-refractivity contribution in [3.63, 3.8) is 0 Å². The van der Waals surface area contributed by atoms with Gasteiger partial charge in [-0.3, -0.25) is 0 Å². The first-order chi connectivity index (χ1) is 14.6. The lowest BCUT2D eigenvalue weighted by Crippen LogP contribution is -2.16. The van der Waals surface area contributed by atoms with Gasteiger partial charge >= 0.3 is 0 Å². The molecule has 4 aromatic rings. The summed E-state index contributed by atoms with van der Waals surface area (Å²) in [6, 6.07) is 13.1. The Bertz CT molecular complexity index is 1230. The largest absolute Gasteiger partial charge is 0.493 e. The normalized spacial score (nSPS) is 11.7. The number of nitrogens with zero attached hydrogens (tertiary/aromatic N) is 2. The number of rotatable bonds is 6. The molecule has 0 atom stereocenters. The average Bonchev–Trinajstić information content (AvgIpc) is 3.40. The smallest absolute Gasteiger partial charge is 0.190 e. The van der Waals surface area contributed by atoms with Crippen LogP contribution in [0.5, 0.6) is 11.5 Å². The molecule has 0 fully saturated rings. The average molecular weight is 445 g/mol. The van der Waals surface area contributed by atoms with E-state index in [9.17, 15) is 8.78 Å². The first kappa shape index (κ1) is 20.3. The zero-order chi connectivity index (χ0) is 21.1. The molecular formula is C22H18F2N2O2S2. The van der Waals surface area contributed by atoms with Crippen LogP contribution in [0.4, 0.5) is 14.5 Å². The Morgan fingerprint density at radius 2 is 1.80 bits per heavy atom. The molecule has 0 amide bonds. The molecule has 0 saturated heterocycles. The molecule has 4 rings (SSSR count). The van der Waals surface area contributed by atoms with E-state index in [4.69, 9.17) is 9.47 Å². The molecule has 0 radical (unpaired) electrons. The van der Waals surface area contributed by atoms with Crippen LogP contribution in [0.25, 0.3) is 10.6 Å². The highest BCUT2D eigenvalue weighted by Crippen LogP contribution is 2.30. The van der Waals surface area contributed by atoms with Crippen LogP contribution in [0.1, 0.15) is 5.56 Å². The molecule has 8 heteroatoms. The highest BCUT2D eigenvalue weighted by atomic mass is 32.1. The van der Waals surface area contributed by atoms with Gasteiger partial charge in [0, 0.05) is 11.4 Å². The number of hydrogen-bond donors (Lipinski definition) is 0. The molecule has 0 aliphatic heterocycles. The lowest BCUT2D eigenvalue weighted by atomic mass is 10.2. The summed E-state index contributed by atoms with van der Waals surface area (Å²) in [5.74, 6) is -0.0474. The summed E-state index contributed by atoms with van der Waals surface area (Å²) in [7, 11) is 3.18. The van der Waals surface area contributed by atoms with Crippen LogP contribution < -0.4 is 14.3 Å². The van der Waals surface area contributed by atoms with Crippen LogP contribution in [0, 0.1) is 11.6 Å². The summed E-state index contributed by atoms with van der Waals surface area (Å²) in [6.45, 7) is 0.499. The molecule has 0 saturated carbocycles. The highest BCUT2D eigenvalue weighted by molar-refractivity contribution is 7.14. The molecule has 0 unspecified atom stereocenters. The minimum Gasteiger partial charge on any atom is -0.493 e. The third kappa shape index (κ3) is 4.15. The maximum atomic E-state index is 14.2. The Hall–Kier alpha value is -2.97. The van der Waals surface area contributed by atoms with Gasteiger partial charge in [0.25, 0.3) is 0 Å². The van der Waals surface area contributed by atoms with E-state index in [-0.39, 0.29) is 5.69 Å². The van der Waals surface area contributed by atoms with Crippen molar-refractivity contribution in [2.75, 3.05) is 14.2 Å². The number of aromatic nitrogens is 1.